The van der Waals surface area contributed by atoms with Gasteiger partial charge in [-0.25, -0.2) is 5.43 Å². The van der Waals surface area contributed by atoms with E-state index in [1.165, 1.54) is 12.1 Å². The van der Waals surface area contributed by atoms with Crippen molar-refractivity contribution < 1.29 is 14.5 Å². The zero-order chi connectivity index (χ0) is 19.1. The fraction of sp³-hybridized carbons (Fsp3) is 0.176. The number of nitrogens with zero attached hydrogens (tertiary/aromatic N) is 2. The van der Waals surface area contributed by atoms with Gasteiger partial charge in [0, 0.05) is 17.3 Å². The summed E-state index contributed by atoms with van der Waals surface area (Å²) in [6.45, 7) is 1.65. The summed E-state index contributed by atoms with van der Waals surface area (Å²) in [6, 6.07) is 11.4. The first-order valence-electron chi connectivity index (χ1n) is 7.56. The van der Waals surface area contributed by atoms with Gasteiger partial charge < -0.3 is 10.1 Å². The van der Waals surface area contributed by atoms with Crippen LogP contribution in [0.4, 0.5) is 11.4 Å². The monoisotopic (exact) mass is 376 g/mol. The molecule has 26 heavy (non-hydrogen) atoms. The average molecular weight is 377 g/mol. The fourth-order valence-electron chi connectivity index (χ4n) is 2.02. The Kier molecular flexibility index (Phi) is 6.51. The highest BCUT2D eigenvalue weighted by Gasteiger charge is 2.14. The molecule has 0 fully saturated rings. The molecular formula is C17H17ClN4O4. The maximum absolute atomic E-state index is 11.9. The van der Waals surface area contributed by atoms with Gasteiger partial charge in [0.15, 0.2) is 0 Å². The maximum atomic E-state index is 11.9. The van der Waals surface area contributed by atoms with Crippen LogP contribution in [0.1, 0.15) is 12.5 Å². The third-order valence-electron chi connectivity index (χ3n) is 3.45. The largest absolute Gasteiger partial charge is 0.497 e. The molecule has 0 aliphatic heterocycles. The van der Waals surface area contributed by atoms with E-state index in [9.17, 15) is 14.9 Å². The first kappa shape index (κ1) is 19.2. The predicted octanol–water partition coefficient (Wildman–Crippen LogP) is 3.21. The van der Waals surface area contributed by atoms with Crippen molar-refractivity contribution in [3.8, 4) is 5.75 Å². The van der Waals surface area contributed by atoms with Gasteiger partial charge in [-0.05, 0) is 37.3 Å². The number of nitrogens with one attached hydrogen (secondary N) is 2. The van der Waals surface area contributed by atoms with Crippen LogP contribution in [0.5, 0.6) is 5.75 Å². The molecule has 2 aromatic carbocycles. The van der Waals surface area contributed by atoms with Crippen LogP contribution in [0.3, 0.4) is 0 Å². The van der Waals surface area contributed by atoms with Crippen LogP contribution >= 0.6 is 11.6 Å². The Morgan fingerprint density at radius 1 is 1.27 bits per heavy atom. The molecule has 0 aliphatic rings. The van der Waals surface area contributed by atoms with Crippen LogP contribution in [0.25, 0.3) is 0 Å². The Morgan fingerprint density at radius 3 is 2.58 bits per heavy atom. The highest BCUT2D eigenvalue weighted by atomic mass is 35.5. The summed E-state index contributed by atoms with van der Waals surface area (Å²) in [7, 11) is 1.57. The molecule has 1 amide bonds. The second kappa shape index (κ2) is 8.82. The van der Waals surface area contributed by atoms with E-state index in [0.29, 0.717) is 11.3 Å². The Labute approximate surface area is 155 Å². The minimum absolute atomic E-state index is 0.0177. The number of hydrazone groups is 1. The van der Waals surface area contributed by atoms with Gasteiger partial charge in [0.1, 0.15) is 10.8 Å². The number of halogens is 1. The number of ether oxygens (including phenoxy) is 1. The number of carbonyl (C=O) groups is 1. The molecule has 0 saturated heterocycles. The Balaban J connectivity index is 1.94. The van der Waals surface area contributed by atoms with Crippen LogP contribution in [0.2, 0.25) is 5.02 Å². The van der Waals surface area contributed by atoms with E-state index in [-0.39, 0.29) is 23.2 Å². The number of nitro groups is 1. The number of amides is 1. The molecule has 0 saturated carbocycles. The third-order valence-corrected chi connectivity index (χ3v) is 3.77. The molecule has 0 bridgehead atoms. The molecule has 136 valence electrons. The number of carbonyl (C=O) groups excluding carboxylic acids is 1. The lowest BCUT2D eigenvalue weighted by atomic mass is 10.1. The van der Waals surface area contributed by atoms with Gasteiger partial charge >= 0.3 is 0 Å². The van der Waals surface area contributed by atoms with Gasteiger partial charge in [0.25, 0.3) is 11.6 Å². The number of rotatable bonds is 7. The zero-order valence-corrected chi connectivity index (χ0v) is 14.9. The van der Waals surface area contributed by atoms with Crippen LogP contribution in [0, 0.1) is 10.1 Å². The predicted molar refractivity (Wildman–Crippen MR) is 99.9 cm³/mol. The second-order valence-electron chi connectivity index (χ2n) is 5.24. The Bertz CT molecular complexity index is 837. The van der Waals surface area contributed by atoms with Crippen molar-refractivity contribution in [3.63, 3.8) is 0 Å². The minimum Gasteiger partial charge on any atom is -0.497 e. The summed E-state index contributed by atoms with van der Waals surface area (Å²) in [5, 5.41) is 17.9. The maximum Gasteiger partial charge on any atom is 0.288 e. The molecule has 8 nitrogen and oxygen atoms in total. The van der Waals surface area contributed by atoms with E-state index in [1.807, 2.05) is 0 Å². The van der Waals surface area contributed by atoms with Crippen molar-refractivity contribution in [1.82, 2.24) is 5.43 Å². The van der Waals surface area contributed by atoms with Crippen molar-refractivity contribution in [2.24, 2.45) is 5.10 Å². The molecule has 2 N–H and O–H groups in total. The molecule has 0 atom stereocenters. The Hall–Kier alpha value is -3.13. The van der Waals surface area contributed by atoms with Crippen molar-refractivity contribution in [2.75, 3.05) is 19.0 Å². The van der Waals surface area contributed by atoms with Crippen molar-refractivity contribution >= 4 is 34.6 Å². The highest BCUT2D eigenvalue weighted by Crippen LogP contribution is 2.25. The molecule has 0 spiro atoms. The fourth-order valence-corrected chi connectivity index (χ4v) is 2.21. The van der Waals surface area contributed by atoms with E-state index < -0.39 is 4.92 Å². The van der Waals surface area contributed by atoms with E-state index in [4.69, 9.17) is 16.3 Å². The molecule has 9 heteroatoms. The summed E-state index contributed by atoms with van der Waals surface area (Å²) in [5.74, 6) is 0.362. The van der Waals surface area contributed by atoms with Gasteiger partial charge in [-0.2, -0.15) is 5.10 Å². The first-order valence-corrected chi connectivity index (χ1v) is 7.94. The molecule has 0 aliphatic carbocycles. The van der Waals surface area contributed by atoms with E-state index >= 15 is 0 Å². The molecule has 0 heterocycles. The SMILES string of the molecule is COc1ccc(NCC(=O)N/N=C(\C)c2ccc(Cl)c([N+](=O)[O-])c2)cc1. The normalized spacial score (nSPS) is 11.0. The van der Waals surface area contributed by atoms with E-state index in [2.05, 4.69) is 15.8 Å². The zero-order valence-electron chi connectivity index (χ0n) is 14.2. The van der Waals surface area contributed by atoms with Crippen LogP contribution in [-0.4, -0.2) is 30.2 Å². The molecule has 0 radical (unpaired) electrons. The number of nitro benzene ring substituents is 1. The summed E-state index contributed by atoms with van der Waals surface area (Å²) >= 11 is 5.77. The van der Waals surface area contributed by atoms with Crippen LogP contribution in [0.15, 0.2) is 47.6 Å². The molecule has 0 unspecified atom stereocenters. The van der Waals surface area contributed by atoms with Gasteiger partial charge in [-0.1, -0.05) is 17.7 Å². The van der Waals surface area contributed by atoms with Crippen molar-refractivity contribution in [3.05, 3.63) is 63.2 Å². The number of anilines is 1. The summed E-state index contributed by atoms with van der Waals surface area (Å²) in [6.07, 6.45) is 0. The van der Waals surface area contributed by atoms with Gasteiger partial charge in [0.2, 0.25) is 0 Å². The lowest BCUT2D eigenvalue weighted by Crippen LogP contribution is -2.26. The van der Waals surface area contributed by atoms with E-state index in [1.54, 1.807) is 44.4 Å². The van der Waals surface area contributed by atoms with E-state index in [0.717, 1.165) is 11.4 Å². The minimum atomic E-state index is -0.573. The smallest absolute Gasteiger partial charge is 0.288 e. The van der Waals surface area contributed by atoms with Crippen LogP contribution < -0.4 is 15.5 Å². The summed E-state index contributed by atoms with van der Waals surface area (Å²) in [5.41, 5.74) is 3.85. The average Bonchev–Trinajstić information content (AvgIpc) is 2.64. The van der Waals surface area contributed by atoms with Crippen molar-refractivity contribution in [2.45, 2.75) is 6.92 Å². The molecule has 2 aromatic rings. The number of hydrogen-bond acceptors (Lipinski definition) is 6. The van der Waals surface area contributed by atoms with Crippen LogP contribution in [-0.2, 0) is 4.79 Å². The Morgan fingerprint density at radius 2 is 1.96 bits per heavy atom. The molecular weight excluding hydrogens is 360 g/mol. The number of methoxy groups -OCH3 is 1. The topological polar surface area (TPSA) is 106 Å². The summed E-state index contributed by atoms with van der Waals surface area (Å²) < 4.78 is 5.06. The van der Waals surface area contributed by atoms with Gasteiger partial charge in [0.05, 0.1) is 24.3 Å². The number of hydrogen-bond donors (Lipinski definition) is 2. The second-order valence-corrected chi connectivity index (χ2v) is 5.64. The summed E-state index contributed by atoms with van der Waals surface area (Å²) in [4.78, 5) is 22.2. The standard InChI is InChI=1S/C17H17ClN4O4/c1-11(12-3-8-15(18)16(9-12)22(24)25)20-21-17(23)10-19-13-4-6-14(26-2)7-5-13/h3-9,19H,10H2,1-2H3,(H,21,23)/b20-11+. The van der Waals surface area contributed by atoms with Gasteiger partial charge in [-0.15, -0.1) is 0 Å². The molecule has 2 rings (SSSR count). The lowest BCUT2D eigenvalue weighted by molar-refractivity contribution is -0.384. The third kappa shape index (κ3) is 5.18. The quantitative estimate of drug-likeness (QED) is 0.438. The number of benzene rings is 2. The molecule has 0 aromatic heterocycles. The van der Waals surface area contributed by atoms with Crippen molar-refractivity contribution in [1.29, 1.82) is 0 Å². The first-order chi connectivity index (χ1) is 12.4. The highest BCUT2D eigenvalue weighted by molar-refractivity contribution is 6.32. The van der Waals surface area contributed by atoms with Gasteiger partial charge in [-0.3, -0.25) is 14.9 Å². The lowest BCUT2D eigenvalue weighted by Gasteiger charge is -2.07.